The van der Waals surface area contributed by atoms with Gasteiger partial charge in [0.05, 0.1) is 16.8 Å². The summed E-state index contributed by atoms with van der Waals surface area (Å²) in [7, 11) is 0. The van der Waals surface area contributed by atoms with Crippen molar-refractivity contribution in [1.82, 2.24) is 0 Å². The molecule has 2 aliphatic rings. The normalized spacial score (nSPS) is 15.6. The Balaban J connectivity index is 1.12. The Bertz CT molecular complexity index is 3380. The van der Waals surface area contributed by atoms with Crippen LogP contribution in [-0.2, 0) is 10.8 Å². The van der Waals surface area contributed by atoms with Crippen LogP contribution in [0.4, 0.5) is 17.1 Å². The SMILES string of the molecule is CC1(C)c2ccccc2Oc2cc(-c3cccc(N(c4ccccc4C4(c5ccccc5)c5ccccc5-c5cc6ccccc6cc54)c4cccc5ccccc45)c3)ccc21. The predicted molar refractivity (Wildman–Crippen MR) is 258 cm³/mol. The molecule has 0 spiro atoms. The summed E-state index contributed by atoms with van der Waals surface area (Å²) in [5, 5.41) is 4.86. The summed E-state index contributed by atoms with van der Waals surface area (Å²) in [5.74, 6) is 1.83. The summed E-state index contributed by atoms with van der Waals surface area (Å²) in [6.45, 7) is 4.58. The van der Waals surface area contributed by atoms with Gasteiger partial charge in [-0.3, -0.25) is 0 Å². The van der Waals surface area contributed by atoms with E-state index in [0.29, 0.717) is 0 Å². The first kappa shape index (κ1) is 36.2. The van der Waals surface area contributed by atoms with Crippen LogP contribution in [0.1, 0.15) is 47.2 Å². The van der Waals surface area contributed by atoms with Crippen LogP contribution < -0.4 is 9.64 Å². The molecule has 0 N–H and O–H groups in total. The van der Waals surface area contributed by atoms with Gasteiger partial charge >= 0.3 is 0 Å². The van der Waals surface area contributed by atoms with E-state index in [1.165, 1.54) is 66.1 Å². The van der Waals surface area contributed by atoms with Crippen LogP contribution in [0.15, 0.2) is 224 Å². The summed E-state index contributed by atoms with van der Waals surface area (Å²) in [5.41, 5.74) is 14.7. The number of ether oxygens (including phenoxy) is 1. The summed E-state index contributed by atoms with van der Waals surface area (Å²) in [6.07, 6.45) is 0. The third-order valence-electron chi connectivity index (χ3n) is 13.5. The molecule has 294 valence electrons. The lowest BCUT2D eigenvalue weighted by molar-refractivity contribution is 0.418. The van der Waals surface area contributed by atoms with Gasteiger partial charge in [0, 0.05) is 27.6 Å². The van der Waals surface area contributed by atoms with Gasteiger partial charge < -0.3 is 9.64 Å². The van der Waals surface area contributed by atoms with Crippen LogP contribution >= 0.6 is 0 Å². The first-order valence-corrected chi connectivity index (χ1v) is 21.6. The van der Waals surface area contributed by atoms with Crippen LogP contribution in [0.3, 0.4) is 0 Å². The Hall–Kier alpha value is -7.68. The lowest BCUT2D eigenvalue weighted by Crippen LogP contribution is -2.30. The molecule has 0 radical (unpaired) electrons. The summed E-state index contributed by atoms with van der Waals surface area (Å²) in [6, 6.07) is 82.6. The first-order valence-electron chi connectivity index (χ1n) is 21.6. The zero-order valence-electron chi connectivity index (χ0n) is 34.7. The predicted octanol–water partition coefficient (Wildman–Crippen LogP) is 15.9. The van der Waals surface area contributed by atoms with E-state index in [0.717, 1.165) is 39.7 Å². The van der Waals surface area contributed by atoms with Crippen LogP contribution in [0.25, 0.3) is 43.8 Å². The van der Waals surface area contributed by atoms with Crippen molar-refractivity contribution in [3.8, 4) is 33.8 Å². The Morgan fingerprint density at radius 3 is 1.84 bits per heavy atom. The molecule has 0 fully saturated rings. The maximum atomic E-state index is 6.64. The van der Waals surface area contributed by atoms with Gasteiger partial charge in [0.15, 0.2) is 0 Å². The smallest absolute Gasteiger partial charge is 0.132 e. The lowest BCUT2D eigenvalue weighted by atomic mass is 9.67. The number of anilines is 3. The third-order valence-corrected chi connectivity index (χ3v) is 13.5. The number of benzene rings is 10. The summed E-state index contributed by atoms with van der Waals surface area (Å²) < 4.78 is 6.64. The van der Waals surface area contributed by atoms with Crippen molar-refractivity contribution in [3.05, 3.63) is 258 Å². The molecule has 1 unspecified atom stereocenters. The van der Waals surface area contributed by atoms with Crippen LogP contribution in [0.2, 0.25) is 0 Å². The largest absolute Gasteiger partial charge is 0.457 e. The van der Waals surface area contributed by atoms with Crippen molar-refractivity contribution in [2.24, 2.45) is 0 Å². The molecule has 1 aliphatic heterocycles. The van der Waals surface area contributed by atoms with E-state index in [1.807, 2.05) is 0 Å². The van der Waals surface area contributed by atoms with E-state index in [4.69, 9.17) is 4.74 Å². The Morgan fingerprint density at radius 1 is 0.371 bits per heavy atom. The molecule has 0 saturated heterocycles. The Kier molecular flexibility index (Phi) is 8.14. The number of rotatable bonds is 6. The monoisotopic (exact) mass is 793 g/mol. The topological polar surface area (TPSA) is 12.5 Å². The van der Waals surface area contributed by atoms with Crippen molar-refractivity contribution >= 4 is 38.6 Å². The highest BCUT2D eigenvalue weighted by Gasteiger charge is 2.48. The van der Waals surface area contributed by atoms with Crippen LogP contribution in [0.5, 0.6) is 11.5 Å². The van der Waals surface area contributed by atoms with Crippen molar-refractivity contribution in [1.29, 1.82) is 0 Å². The minimum Gasteiger partial charge on any atom is -0.457 e. The minimum absolute atomic E-state index is 0.183. The maximum Gasteiger partial charge on any atom is 0.132 e. The van der Waals surface area contributed by atoms with E-state index < -0.39 is 5.41 Å². The standard InChI is InChI=1S/C60H43NO/c1-59(2)52-30-13-15-33-57(52)62-58-39-44(34-35-53(58)59)41-22-16-25-46(36-41)61(55-32-17-21-40-18-8-9-26-47(40)55)56-31-14-12-29-51(56)60(45-23-4-3-5-24-45)50-28-11-10-27-48(50)49-37-42-19-6-7-20-43(42)38-54(49)60/h3-39H,1-2H3. The number of nitrogens with zero attached hydrogens (tertiary/aromatic N) is 1. The molecule has 2 heteroatoms. The van der Waals surface area contributed by atoms with Gasteiger partial charge in [-0.25, -0.2) is 0 Å². The number of fused-ring (bicyclic) bond motifs is 7. The summed E-state index contributed by atoms with van der Waals surface area (Å²) in [4.78, 5) is 2.50. The van der Waals surface area contributed by atoms with Gasteiger partial charge in [-0.15, -0.1) is 0 Å². The van der Waals surface area contributed by atoms with Gasteiger partial charge in [0.25, 0.3) is 0 Å². The first-order chi connectivity index (χ1) is 30.5. The van der Waals surface area contributed by atoms with E-state index in [-0.39, 0.29) is 5.41 Å². The second kappa shape index (κ2) is 13.9. The van der Waals surface area contributed by atoms with E-state index in [9.17, 15) is 0 Å². The average molecular weight is 794 g/mol. The fourth-order valence-corrected chi connectivity index (χ4v) is 10.7. The van der Waals surface area contributed by atoms with Gasteiger partial charge in [-0.05, 0) is 109 Å². The number of para-hydroxylation sites is 2. The molecule has 62 heavy (non-hydrogen) atoms. The maximum absolute atomic E-state index is 6.64. The fraction of sp³-hybridized carbons (Fsp3) is 0.0667. The highest BCUT2D eigenvalue weighted by atomic mass is 16.5. The van der Waals surface area contributed by atoms with E-state index in [1.54, 1.807) is 0 Å². The van der Waals surface area contributed by atoms with Crippen LogP contribution in [0, 0.1) is 0 Å². The highest BCUT2D eigenvalue weighted by Crippen LogP contribution is 2.60. The van der Waals surface area contributed by atoms with E-state index in [2.05, 4.69) is 243 Å². The molecule has 0 bridgehead atoms. The van der Waals surface area contributed by atoms with Gasteiger partial charge in [0.2, 0.25) is 0 Å². The average Bonchev–Trinajstić information content (AvgIpc) is 3.61. The van der Waals surface area contributed by atoms with Crippen molar-refractivity contribution in [2.45, 2.75) is 24.7 Å². The molecule has 1 heterocycles. The number of hydrogen-bond donors (Lipinski definition) is 0. The molecule has 1 aliphatic carbocycles. The van der Waals surface area contributed by atoms with Crippen molar-refractivity contribution in [3.63, 3.8) is 0 Å². The molecule has 12 rings (SSSR count). The van der Waals surface area contributed by atoms with Crippen molar-refractivity contribution < 1.29 is 4.74 Å². The number of hydrogen-bond acceptors (Lipinski definition) is 2. The van der Waals surface area contributed by atoms with Crippen LogP contribution in [-0.4, -0.2) is 0 Å². The van der Waals surface area contributed by atoms with E-state index >= 15 is 0 Å². The zero-order valence-corrected chi connectivity index (χ0v) is 34.7. The molecule has 0 amide bonds. The third kappa shape index (κ3) is 5.36. The van der Waals surface area contributed by atoms with Crippen molar-refractivity contribution in [2.75, 3.05) is 4.90 Å². The second-order valence-electron chi connectivity index (χ2n) is 17.2. The molecule has 10 aromatic carbocycles. The molecule has 1 atom stereocenters. The summed E-state index contributed by atoms with van der Waals surface area (Å²) >= 11 is 0. The van der Waals surface area contributed by atoms with Gasteiger partial charge in [-0.2, -0.15) is 0 Å². The zero-order chi connectivity index (χ0) is 41.4. The fourth-order valence-electron chi connectivity index (χ4n) is 10.7. The Morgan fingerprint density at radius 2 is 0.984 bits per heavy atom. The molecule has 10 aromatic rings. The molecule has 2 nitrogen and oxygen atoms in total. The molecular formula is C60H43NO. The molecule has 0 saturated carbocycles. The molecular weight excluding hydrogens is 751 g/mol. The van der Waals surface area contributed by atoms with Gasteiger partial charge in [0.1, 0.15) is 11.5 Å². The minimum atomic E-state index is -0.632. The Labute approximate surface area is 363 Å². The highest BCUT2D eigenvalue weighted by molar-refractivity contribution is 6.01. The molecule has 0 aromatic heterocycles. The lowest BCUT2D eigenvalue weighted by Gasteiger charge is -2.38. The second-order valence-corrected chi connectivity index (χ2v) is 17.2. The quantitative estimate of drug-likeness (QED) is 0.166. The van der Waals surface area contributed by atoms with Gasteiger partial charge in [-0.1, -0.05) is 190 Å².